The largest absolute Gasteiger partial charge is 0.0726 e. The van der Waals surface area contributed by atoms with Gasteiger partial charge < -0.3 is 0 Å². The predicted octanol–water partition coefficient (Wildman–Crippen LogP) is 16.8. The summed E-state index contributed by atoms with van der Waals surface area (Å²) in [6, 6.07) is 86.8. The summed E-state index contributed by atoms with van der Waals surface area (Å²) in [5.41, 5.74) is 17.8. The lowest BCUT2D eigenvalue weighted by Crippen LogP contribution is -2.26. The Balaban J connectivity index is 1.08. The minimum atomic E-state index is -0.488. The van der Waals surface area contributed by atoms with Crippen molar-refractivity contribution in [3.63, 3.8) is 0 Å². The van der Waals surface area contributed by atoms with E-state index in [2.05, 4.69) is 231 Å². The van der Waals surface area contributed by atoms with Gasteiger partial charge in [0.05, 0.1) is 5.41 Å². The predicted molar refractivity (Wildman–Crippen MR) is 267 cm³/mol. The summed E-state index contributed by atoms with van der Waals surface area (Å²) in [6.45, 7) is 0. The van der Waals surface area contributed by atoms with Crippen molar-refractivity contribution in [3.05, 3.63) is 253 Å². The number of hydrogen-bond acceptors (Lipinski definition) is 0. The van der Waals surface area contributed by atoms with Gasteiger partial charge in [0, 0.05) is 0 Å². The van der Waals surface area contributed by atoms with Crippen LogP contribution in [0.2, 0.25) is 0 Å². The summed E-state index contributed by atoms with van der Waals surface area (Å²) in [5.74, 6) is 0. The highest BCUT2D eigenvalue weighted by molar-refractivity contribution is 6.25. The molecule has 2 aliphatic carbocycles. The second kappa shape index (κ2) is 13.0. The van der Waals surface area contributed by atoms with Crippen LogP contribution in [0.25, 0.3) is 109 Å². The number of benzene rings is 12. The van der Waals surface area contributed by atoms with Gasteiger partial charge in [-0.3, -0.25) is 0 Å². The zero-order valence-electron chi connectivity index (χ0n) is 34.4. The Kier molecular flexibility index (Phi) is 7.13. The number of hydrogen-bond donors (Lipinski definition) is 0. The van der Waals surface area contributed by atoms with E-state index in [1.54, 1.807) is 0 Å². The van der Waals surface area contributed by atoms with Gasteiger partial charge >= 0.3 is 0 Å². The summed E-state index contributed by atoms with van der Waals surface area (Å²) < 4.78 is 0. The van der Waals surface area contributed by atoms with Crippen LogP contribution in [-0.4, -0.2) is 0 Å². The van der Waals surface area contributed by atoms with Crippen molar-refractivity contribution in [3.8, 4) is 55.6 Å². The third kappa shape index (κ3) is 4.70. The molecule has 1 spiro atoms. The zero-order valence-corrected chi connectivity index (χ0v) is 34.4. The van der Waals surface area contributed by atoms with Gasteiger partial charge in [-0.1, -0.05) is 200 Å². The van der Waals surface area contributed by atoms with E-state index in [0.717, 1.165) is 0 Å². The van der Waals surface area contributed by atoms with Crippen LogP contribution in [0, 0.1) is 0 Å². The Morgan fingerprint density at radius 2 is 0.667 bits per heavy atom. The van der Waals surface area contributed by atoms with Crippen LogP contribution >= 0.6 is 0 Å². The quantitative estimate of drug-likeness (QED) is 0.156. The monoisotopic (exact) mass is 794 g/mol. The van der Waals surface area contributed by atoms with Crippen molar-refractivity contribution in [2.45, 2.75) is 5.41 Å². The molecular weight excluding hydrogens is 757 g/mol. The van der Waals surface area contributed by atoms with Crippen molar-refractivity contribution >= 4 is 53.9 Å². The first kappa shape index (κ1) is 34.6. The third-order valence-corrected chi connectivity index (χ3v) is 14.4. The molecule has 12 aromatic carbocycles. The van der Waals surface area contributed by atoms with Gasteiger partial charge in [-0.25, -0.2) is 0 Å². The standard InChI is InChI=1S/C63H38/c1-2-16-39(17-3-1)42-30-31-44-35-45(33-32-43(44)34-42)60-50-24-8-10-26-52(50)61(53-27-11-9-25-51(53)60)54-38-59-62(49-23-7-6-20-46(49)54)55-36-40-18-4-5-19-41(40)37-58(55)63(59)56-28-14-12-21-47(56)48-22-13-15-29-57(48)63/h1-38H. The minimum absolute atomic E-state index is 0.488. The SMILES string of the molecule is c1ccc(-c2ccc3cc(-c4c5ccccc5c(-c5cc6c(c7ccccc57)-c5cc7ccccc7cc5C65c6ccccc6-c6ccccc65)c5ccccc45)ccc3c2)cc1. The highest BCUT2D eigenvalue weighted by atomic mass is 14.5. The lowest BCUT2D eigenvalue weighted by molar-refractivity contribution is 0.796. The van der Waals surface area contributed by atoms with E-state index >= 15 is 0 Å². The highest BCUT2D eigenvalue weighted by Crippen LogP contribution is 2.65. The summed E-state index contributed by atoms with van der Waals surface area (Å²) in [6.07, 6.45) is 0. The van der Waals surface area contributed by atoms with Crippen LogP contribution in [0.1, 0.15) is 22.3 Å². The van der Waals surface area contributed by atoms with Crippen molar-refractivity contribution in [1.82, 2.24) is 0 Å². The van der Waals surface area contributed by atoms with Crippen molar-refractivity contribution < 1.29 is 0 Å². The fourth-order valence-electron chi connectivity index (χ4n) is 11.8. The fraction of sp³-hybridized carbons (Fsp3) is 0.0159. The Labute approximate surface area is 366 Å². The molecule has 290 valence electrons. The normalized spacial score (nSPS) is 13.2. The molecule has 12 aromatic rings. The first-order chi connectivity index (χ1) is 31.3. The minimum Gasteiger partial charge on any atom is -0.0622 e. The second-order valence-corrected chi connectivity index (χ2v) is 17.5. The Bertz CT molecular complexity index is 3800. The first-order valence-electron chi connectivity index (χ1n) is 22.1. The summed E-state index contributed by atoms with van der Waals surface area (Å²) >= 11 is 0. The molecule has 0 heterocycles. The molecule has 0 unspecified atom stereocenters. The summed E-state index contributed by atoms with van der Waals surface area (Å²) in [5, 5.41) is 12.6. The maximum atomic E-state index is 2.61. The molecule has 0 amide bonds. The lowest BCUT2D eigenvalue weighted by Gasteiger charge is -2.31. The molecule has 0 bridgehead atoms. The van der Waals surface area contributed by atoms with Gasteiger partial charge in [0.15, 0.2) is 0 Å². The second-order valence-electron chi connectivity index (χ2n) is 17.5. The molecule has 0 saturated carbocycles. The van der Waals surface area contributed by atoms with E-state index < -0.39 is 5.41 Å². The lowest BCUT2D eigenvalue weighted by atomic mass is 9.69. The van der Waals surface area contributed by atoms with Crippen LogP contribution in [0.3, 0.4) is 0 Å². The molecule has 0 aromatic heterocycles. The molecule has 0 heteroatoms. The fourth-order valence-corrected chi connectivity index (χ4v) is 11.8. The average Bonchev–Trinajstić information content (AvgIpc) is 3.81. The number of rotatable bonds is 3. The zero-order chi connectivity index (χ0) is 41.2. The molecule has 0 nitrogen and oxygen atoms in total. The van der Waals surface area contributed by atoms with Crippen LogP contribution in [0.15, 0.2) is 231 Å². The average molecular weight is 795 g/mol. The number of fused-ring (bicyclic) bond motifs is 16. The highest BCUT2D eigenvalue weighted by Gasteiger charge is 2.52. The van der Waals surface area contributed by atoms with Crippen molar-refractivity contribution in [1.29, 1.82) is 0 Å². The maximum absolute atomic E-state index is 2.61. The van der Waals surface area contributed by atoms with Gasteiger partial charge in [0.1, 0.15) is 0 Å². The topological polar surface area (TPSA) is 0 Å². The van der Waals surface area contributed by atoms with E-state index in [1.165, 1.54) is 132 Å². The van der Waals surface area contributed by atoms with Crippen LogP contribution in [-0.2, 0) is 5.41 Å². The maximum Gasteiger partial charge on any atom is 0.0726 e. The van der Waals surface area contributed by atoms with Gasteiger partial charge in [0.25, 0.3) is 0 Å². The Morgan fingerprint density at radius 1 is 0.206 bits per heavy atom. The molecule has 0 N–H and O–H groups in total. The molecule has 2 aliphatic rings. The molecule has 0 fully saturated rings. The van der Waals surface area contributed by atoms with Gasteiger partial charge in [0.2, 0.25) is 0 Å². The van der Waals surface area contributed by atoms with E-state index in [9.17, 15) is 0 Å². The molecular formula is C63H38. The first-order valence-corrected chi connectivity index (χ1v) is 22.1. The van der Waals surface area contributed by atoms with Crippen molar-refractivity contribution in [2.24, 2.45) is 0 Å². The molecule has 0 aliphatic heterocycles. The molecule has 14 rings (SSSR count). The Hall–Kier alpha value is -8.06. The molecule has 0 radical (unpaired) electrons. The van der Waals surface area contributed by atoms with Crippen LogP contribution in [0.4, 0.5) is 0 Å². The molecule has 0 atom stereocenters. The Morgan fingerprint density at radius 3 is 1.30 bits per heavy atom. The van der Waals surface area contributed by atoms with Gasteiger partial charge in [-0.05, 0) is 162 Å². The summed E-state index contributed by atoms with van der Waals surface area (Å²) in [4.78, 5) is 0. The summed E-state index contributed by atoms with van der Waals surface area (Å²) in [7, 11) is 0. The molecule has 0 saturated heterocycles. The van der Waals surface area contributed by atoms with Gasteiger partial charge in [-0.2, -0.15) is 0 Å². The smallest absolute Gasteiger partial charge is 0.0622 e. The van der Waals surface area contributed by atoms with Crippen LogP contribution in [0.5, 0.6) is 0 Å². The molecule has 63 heavy (non-hydrogen) atoms. The van der Waals surface area contributed by atoms with Gasteiger partial charge in [-0.15, -0.1) is 0 Å². The van der Waals surface area contributed by atoms with Crippen molar-refractivity contribution in [2.75, 3.05) is 0 Å². The van der Waals surface area contributed by atoms with E-state index in [4.69, 9.17) is 0 Å². The van der Waals surface area contributed by atoms with Crippen LogP contribution < -0.4 is 0 Å². The van der Waals surface area contributed by atoms with E-state index in [1.807, 2.05) is 0 Å². The van der Waals surface area contributed by atoms with E-state index in [-0.39, 0.29) is 0 Å². The third-order valence-electron chi connectivity index (χ3n) is 14.4. The van der Waals surface area contributed by atoms with E-state index in [0.29, 0.717) is 0 Å².